The van der Waals surface area contributed by atoms with Crippen molar-refractivity contribution in [2.75, 3.05) is 10.6 Å². The Hall–Kier alpha value is -2.67. The van der Waals surface area contributed by atoms with Gasteiger partial charge in [-0.15, -0.1) is 11.3 Å². The topological polar surface area (TPSA) is 95.5 Å². The Morgan fingerprint density at radius 1 is 1.32 bits per heavy atom. The number of carbonyl (C=O) groups is 3. The molecule has 1 aliphatic rings. The molecule has 1 aromatic carbocycles. The number of carboxylic acids is 1. The predicted octanol–water partition coefficient (Wildman–Crippen LogP) is 4.91. The smallest absolute Gasteiger partial charge is 0.326 e. The van der Waals surface area contributed by atoms with Crippen LogP contribution in [0.4, 0.5) is 10.7 Å². The quantitative estimate of drug-likeness (QED) is 0.529. The molecule has 0 fully saturated rings. The van der Waals surface area contributed by atoms with Gasteiger partial charge < -0.3 is 20.5 Å². The highest BCUT2D eigenvalue weighted by Gasteiger charge is 2.34. The number of hydrogen-bond acceptors (Lipinski definition) is 5. The van der Waals surface area contributed by atoms with Gasteiger partial charge in [-0.05, 0) is 60.8 Å². The molecule has 2 unspecified atom stereocenters. The molecular weight excluding hydrogens is 412 g/mol. The maximum atomic E-state index is 13.3. The Labute approximate surface area is 187 Å². The van der Waals surface area contributed by atoms with Crippen molar-refractivity contribution >= 4 is 40.2 Å². The van der Waals surface area contributed by atoms with Gasteiger partial charge in [0.15, 0.2) is 0 Å². The normalized spacial score (nSPS) is 16.8. The van der Waals surface area contributed by atoms with E-state index < -0.39 is 12.0 Å². The fourth-order valence-corrected chi connectivity index (χ4v) is 5.44. The van der Waals surface area contributed by atoms with E-state index in [4.69, 9.17) is 0 Å². The number of hydrogen-bond donors (Lipinski definition) is 3. The predicted molar refractivity (Wildman–Crippen MR) is 124 cm³/mol. The molecule has 7 heteroatoms. The average Bonchev–Trinajstić information content (AvgIpc) is 3.04. The lowest BCUT2D eigenvalue weighted by atomic mass is 9.72. The highest BCUT2D eigenvalue weighted by Crippen LogP contribution is 2.44. The number of thiophene rings is 1. The summed E-state index contributed by atoms with van der Waals surface area (Å²) in [5.74, 6) is -0.879. The van der Waals surface area contributed by atoms with Gasteiger partial charge >= 0.3 is 5.97 Å². The third kappa shape index (κ3) is 5.34. The number of benzene rings is 1. The van der Waals surface area contributed by atoms with E-state index >= 15 is 0 Å². The van der Waals surface area contributed by atoms with Crippen LogP contribution in [0.15, 0.2) is 24.3 Å². The van der Waals surface area contributed by atoms with Crippen molar-refractivity contribution in [3.05, 3.63) is 45.8 Å². The lowest BCUT2D eigenvalue weighted by Gasteiger charge is -2.33. The van der Waals surface area contributed by atoms with Crippen molar-refractivity contribution in [3.63, 3.8) is 0 Å². The van der Waals surface area contributed by atoms with Crippen molar-refractivity contribution in [3.8, 4) is 0 Å². The molecule has 3 rings (SSSR count). The first-order chi connectivity index (χ1) is 14.6. The maximum Gasteiger partial charge on any atom is 0.326 e. The number of carboxylic acid groups (broad SMARTS) is 1. The van der Waals surface area contributed by atoms with Crippen LogP contribution in [0.25, 0.3) is 0 Å². The zero-order valence-corrected chi connectivity index (χ0v) is 19.3. The Morgan fingerprint density at radius 3 is 2.68 bits per heavy atom. The summed E-state index contributed by atoms with van der Waals surface area (Å²) in [6, 6.07) is 6.50. The van der Waals surface area contributed by atoms with Crippen LogP contribution in [-0.4, -0.2) is 29.3 Å². The third-order valence-corrected chi connectivity index (χ3v) is 7.11. The molecule has 6 nitrogen and oxygen atoms in total. The number of nitrogens with one attached hydrogen (secondary N) is 2. The van der Waals surface area contributed by atoms with Gasteiger partial charge in [-0.1, -0.05) is 32.9 Å². The summed E-state index contributed by atoms with van der Waals surface area (Å²) in [5, 5.41) is 15.9. The van der Waals surface area contributed by atoms with Crippen LogP contribution in [0.2, 0.25) is 0 Å². The largest absolute Gasteiger partial charge is 0.480 e. The molecule has 0 bridgehead atoms. The molecule has 0 radical (unpaired) electrons. The zero-order chi connectivity index (χ0) is 22.8. The van der Waals surface area contributed by atoms with E-state index in [2.05, 4.69) is 31.4 Å². The average molecular weight is 443 g/mol. The third-order valence-electron chi connectivity index (χ3n) is 5.93. The number of anilines is 2. The molecular formula is C24H30N2O4S. The van der Waals surface area contributed by atoms with Gasteiger partial charge in [0, 0.05) is 17.0 Å². The molecule has 0 spiro atoms. The SMILES string of the molecule is Cc1cccc(NC(=O)c2c(NC(CC=O)C(=O)O)sc3c2CCC(C(C)(C)C)C3)c1. The highest BCUT2D eigenvalue weighted by molar-refractivity contribution is 7.16. The van der Waals surface area contributed by atoms with Crippen LogP contribution in [0.1, 0.15) is 60.0 Å². The van der Waals surface area contributed by atoms with Crippen molar-refractivity contribution in [1.82, 2.24) is 0 Å². The van der Waals surface area contributed by atoms with Crippen molar-refractivity contribution in [1.29, 1.82) is 0 Å². The highest BCUT2D eigenvalue weighted by atomic mass is 32.1. The van der Waals surface area contributed by atoms with Gasteiger partial charge in [0.1, 0.15) is 17.3 Å². The summed E-state index contributed by atoms with van der Waals surface area (Å²) in [7, 11) is 0. The Kier molecular flexibility index (Phi) is 6.84. The van der Waals surface area contributed by atoms with Crippen LogP contribution < -0.4 is 10.6 Å². The van der Waals surface area contributed by atoms with E-state index in [0.717, 1.165) is 35.3 Å². The molecule has 0 saturated heterocycles. The van der Waals surface area contributed by atoms with Crippen LogP contribution >= 0.6 is 11.3 Å². The second-order valence-electron chi connectivity index (χ2n) is 9.27. The van der Waals surface area contributed by atoms with Crippen molar-refractivity contribution in [2.24, 2.45) is 11.3 Å². The maximum absolute atomic E-state index is 13.3. The lowest BCUT2D eigenvalue weighted by molar-refractivity contribution is -0.138. The Bertz CT molecular complexity index is 990. The van der Waals surface area contributed by atoms with Crippen LogP contribution in [0.5, 0.6) is 0 Å². The molecule has 1 aliphatic carbocycles. The second kappa shape index (κ2) is 9.22. The summed E-state index contributed by atoms with van der Waals surface area (Å²) >= 11 is 1.44. The first kappa shape index (κ1) is 23.0. The summed E-state index contributed by atoms with van der Waals surface area (Å²) < 4.78 is 0. The van der Waals surface area contributed by atoms with Gasteiger partial charge in [-0.2, -0.15) is 0 Å². The fraction of sp³-hybridized carbons (Fsp3) is 0.458. The molecule has 2 aromatic rings. The Balaban J connectivity index is 1.98. The van der Waals surface area contributed by atoms with Crippen LogP contribution in [0.3, 0.4) is 0 Å². The second-order valence-corrected chi connectivity index (χ2v) is 10.4. The number of aldehydes is 1. The van der Waals surface area contributed by atoms with E-state index in [1.807, 2.05) is 31.2 Å². The summed E-state index contributed by atoms with van der Waals surface area (Å²) in [6.07, 6.45) is 3.04. The van der Waals surface area contributed by atoms with Crippen LogP contribution in [-0.2, 0) is 22.4 Å². The Morgan fingerprint density at radius 2 is 2.06 bits per heavy atom. The molecule has 1 amide bonds. The molecule has 3 N–H and O–H groups in total. The molecule has 0 aliphatic heterocycles. The van der Waals surface area contributed by atoms with Crippen molar-refractivity contribution in [2.45, 2.75) is 59.4 Å². The molecule has 166 valence electrons. The lowest BCUT2D eigenvalue weighted by Crippen LogP contribution is -2.30. The minimum absolute atomic E-state index is 0.153. The van der Waals surface area contributed by atoms with Gasteiger partial charge in [-0.3, -0.25) is 4.79 Å². The first-order valence-corrected chi connectivity index (χ1v) is 11.4. The van der Waals surface area contributed by atoms with Gasteiger partial charge in [0.05, 0.1) is 5.56 Å². The summed E-state index contributed by atoms with van der Waals surface area (Å²) in [6.45, 7) is 8.64. The van der Waals surface area contributed by atoms with Gasteiger partial charge in [0.25, 0.3) is 5.91 Å². The number of aliphatic carboxylic acids is 1. The number of amides is 1. The molecule has 0 saturated carbocycles. The van der Waals surface area contributed by atoms with E-state index in [0.29, 0.717) is 28.5 Å². The molecule has 1 aromatic heterocycles. The summed E-state index contributed by atoms with van der Waals surface area (Å²) in [5.41, 5.74) is 3.38. The zero-order valence-electron chi connectivity index (χ0n) is 18.5. The summed E-state index contributed by atoms with van der Waals surface area (Å²) in [4.78, 5) is 37.0. The number of aryl methyl sites for hydroxylation is 1. The first-order valence-electron chi connectivity index (χ1n) is 10.6. The minimum Gasteiger partial charge on any atom is -0.480 e. The van der Waals surface area contributed by atoms with Gasteiger partial charge in [0.2, 0.25) is 0 Å². The van der Waals surface area contributed by atoms with Crippen molar-refractivity contribution < 1.29 is 19.5 Å². The standard InChI is InChI=1S/C24H30N2O4S/c1-14-6-5-7-16(12-14)25-21(28)20-17-9-8-15(24(2,3)4)13-19(17)31-22(20)26-18(10-11-27)23(29)30/h5-7,11-12,15,18,26H,8-10,13H2,1-4H3,(H,25,28)(H,29,30). The van der Waals surface area contributed by atoms with Crippen LogP contribution in [0, 0.1) is 18.3 Å². The molecule has 31 heavy (non-hydrogen) atoms. The van der Waals surface area contributed by atoms with E-state index in [9.17, 15) is 19.5 Å². The monoisotopic (exact) mass is 442 g/mol. The van der Waals surface area contributed by atoms with E-state index in [1.54, 1.807) is 0 Å². The van der Waals surface area contributed by atoms with Gasteiger partial charge in [-0.25, -0.2) is 4.79 Å². The fourth-order valence-electron chi connectivity index (χ4n) is 4.06. The molecule has 1 heterocycles. The molecule has 2 atom stereocenters. The number of carbonyl (C=O) groups excluding carboxylic acids is 2. The van der Waals surface area contributed by atoms with E-state index in [-0.39, 0.29) is 17.7 Å². The number of rotatable bonds is 7. The number of fused-ring (bicyclic) bond motifs is 1. The minimum atomic E-state index is -1.11. The van der Waals surface area contributed by atoms with E-state index in [1.165, 1.54) is 11.3 Å².